The van der Waals surface area contributed by atoms with E-state index >= 15 is 0 Å². The van der Waals surface area contributed by atoms with Gasteiger partial charge in [0.1, 0.15) is 5.60 Å². The van der Waals surface area contributed by atoms with E-state index in [2.05, 4.69) is 0 Å². The Balaban J connectivity index is 3.15. The van der Waals surface area contributed by atoms with Crippen molar-refractivity contribution in [3.63, 3.8) is 0 Å². The molecule has 2 heteroatoms. The van der Waals surface area contributed by atoms with Gasteiger partial charge in [-0.3, -0.25) is 4.79 Å². The lowest BCUT2D eigenvalue weighted by Gasteiger charge is -2.27. The fraction of sp³-hybridized carbons (Fsp3) is 0.533. The molecule has 0 saturated carbocycles. The van der Waals surface area contributed by atoms with Gasteiger partial charge < -0.3 is 4.74 Å². The monoisotopic (exact) mass is 234 g/mol. The number of carbonyl (C=O) groups is 1. The molecule has 94 valence electrons. The number of Topliss-reactive ketones (excluding diaryl/α,β-unsaturated/α-hetero) is 1. The Labute approximate surface area is 104 Å². The standard InChI is InChI=1S/C15H22O2/c1-6-15(5,17-7-2)14(16)13-10-8-9-11(3)12(13)4/h8-10H,6-7H2,1-5H3. The number of rotatable bonds is 5. The van der Waals surface area contributed by atoms with Crippen LogP contribution < -0.4 is 0 Å². The highest BCUT2D eigenvalue weighted by Gasteiger charge is 2.33. The van der Waals surface area contributed by atoms with Gasteiger partial charge in [0.15, 0.2) is 5.78 Å². The van der Waals surface area contributed by atoms with Gasteiger partial charge in [-0.25, -0.2) is 0 Å². The van der Waals surface area contributed by atoms with Gasteiger partial charge in [-0.2, -0.15) is 0 Å². The highest BCUT2D eigenvalue weighted by molar-refractivity contribution is 6.03. The minimum absolute atomic E-state index is 0.0862. The van der Waals surface area contributed by atoms with Gasteiger partial charge >= 0.3 is 0 Å². The van der Waals surface area contributed by atoms with Crippen molar-refractivity contribution >= 4 is 5.78 Å². The second kappa shape index (κ2) is 5.46. The Morgan fingerprint density at radius 2 is 1.94 bits per heavy atom. The molecule has 1 unspecified atom stereocenters. The van der Waals surface area contributed by atoms with Crippen molar-refractivity contribution in [2.45, 2.75) is 46.6 Å². The summed E-state index contributed by atoms with van der Waals surface area (Å²) in [6, 6.07) is 5.84. The Morgan fingerprint density at radius 1 is 1.29 bits per heavy atom. The van der Waals surface area contributed by atoms with Crippen LogP contribution in [0.3, 0.4) is 0 Å². The van der Waals surface area contributed by atoms with Crippen molar-refractivity contribution in [2.24, 2.45) is 0 Å². The molecule has 0 aliphatic rings. The molecule has 0 bridgehead atoms. The molecule has 1 aromatic carbocycles. The van der Waals surface area contributed by atoms with Gasteiger partial charge in [0, 0.05) is 12.2 Å². The van der Waals surface area contributed by atoms with Crippen LogP contribution in [0, 0.1) is 13.8 Å². The molecule has 0 aliphatic heterocycles. The Bertz CT molecular complexity index is 409. The third kappa shape index (κ3) is 2.75. The smallest absolute Gasteiger partial charge is 0.194 e. The first-order chi connectivity index (χ1) is 7.96. The molecule has 0 spiro atoms. The van der Waals surface area contributed by atoms with Gasteiger partial charge in [-0.1, -0.05) is 25.1 Å². The molecule has 0 aliphatic carbocycles. The van der Waals surface area contributed by atoms with E-state index in [1.807, 2.05) is 52.8 Å². The van der Waals surface area contributed by atoms with Crippen LogP contribution in [0.25, 0.3) is 0 Å². The molecular formula is C15H22O2. The molecule has 0 amide bonds. The van der Waals surface area contributed by atoms with Gasteiger partial charge in [-0.15, -0.1) is 0 Å². The lowest BCUT2D eigenvalue weighted by molar-refractivity contribution is -0.0116. The van der Waals surface area contributed by atoms with Crippen LogP contribution in [0.2, 0.25) is 0 Å². The number of carbonyl (C=O) groups excluding carboxylic acids is 1. The van der Waals surface area contributed by atoms with E-state index in [1.165, 1.54) is 0 Å². The third-order valence-corrected chi connectivity index (χ3v) is 3.47. The summed E-state index contributed by atoms with van der Waals surface area (Å²) >= 11 is 0. The van der Waals surface area contributed by atoms with Crippen molar-refractivity contribution in [3.8, 4) is 0 Å². The number of hydrogen-bond acceptors (Lipinski definition) is 2. The summed E-state index contributed by atoms with van der Waals surface area (Å²) in [7, 11) is 0. The van der Waals surface area contributed by atoms with E-state index in [1.54, 1.807) is 0 Å². The minimum atomic E-state index is -0.701. The molecule has 0 radical (unpaired) electrons. The summed E-state index contributed by atoms with van der Waals surface area (Å²) in [5.41, 5.74) is 2.28. The lowest BCUT2D eigenvalue weighted by atomic mass is 9.88. The van der Waals surface area contributed by atoms with Crippen LogP contribution in [0.5, 0.6) is 0 Å². The van der Waals surface area contributed by atoms with Crippen LogP contribution >= 0.6 is 0 Å². The zero-order valence-electron chi connectivity index (χ0n) is 11.5. The topological polar surface area (TPSA) is 26.3 Å². The third-order valence-electron chi connectivity index (χ3n) is 3.47. The lowest BCUT2D eigenvalue weighted by Crippen LogP contribution is -2.38. The number of hydrogen-bond donors (Lipinski definition) is 0. The second-order valence-electron chi connectivity index (χ2n) is 4.59. The van der Waals surface area contributed by atoms with Gasteiger partial charge in [0.25, 0.3) is 0 Å². The fourth-order valence-corrected chi connectivity index (χ4v) is 1.93. The maximum Gasteiger partial charge on any atom is 0.194 e. The fourth-order valence-electron chi connectivity index (χ4n) is 1.93. The Hall–Kier alpha value is -1.15. The molecule has 1 rings (SSSR count). The van der Waals surface area contributed by atoms with Gasteiger partial charge in [0.2, 0.25) is 0 Å². The maximum absolute atomic E-state index is 12.5. The van der Waals surface area contributed by atoms with Crippen molar-refractivity contribution in [2.75, 3.05) is 6.61 Å². The quantitative estimate of drug-likeness (QED) is 0.726. The second-order valence-corrected chi connectivity index (χ2v) is 4.59. The highest BCUT2D eigenvalue weighted by atomic mass is 16.5. The van der Waals surface area contributed by atoms with E-state index in [0.717, 1.165) is 16.7 Å². The number of benzene rings is 1. The van der Waals surface area contributed by atoms with Crippen LogP contribution in [0.4, 0.5) is 0 Å². The molecule has 1 atom stereocenters. The summed E-state index contributed by atoms with van der Waals surface area (Å²) < 4.78 is 5.64. The summed E-state index contributed by atoms with van der Waals surface area (Å²) in [5, 5.41) is 0. The van der Waals surface area contributed by atoms with E-state index in [-0.39, 0.29) is 5.78 Å². The van der Waals surface area contributed by atoms with E-state index in [9.17, 15) is 4.79 Å². The van der Waals surface area contributed by atoms with Crippen LogP contribution in [-0.2, 0) is 4.74 Å². The number of ketones is 1. The SMILES string of the molecule is CCOC(C)(CC)C(=O)c1cccc(C)c1C. The van der Waals surface area contributed by atoms with Crippen molar-refractivity contribution in [1.82, 2.24) is 0 Å². The summed E-state index contributed by atoms with van der Waals surface area (Å²) in [4.78, 5) is 12.5. The Kier molecular flexibility index (Phi) is 4.47. The predicted molar refractivity (Wildman–Crippen MR) is 70.6 cm³/mol. The van der Waals surface area contributed by atoms with Gasteiger partial charge in [-0.05, 0) is 45.2 Å². The first-order valence-electron chi connectivity index (χ1n) is 6.21. The molecule has 17 heavy (non-hydrogen) atoms. The number of aryl methyl sites for hydroxylation is 1. The first-order valence-corrected chi connectivity index (χ1v) is 6.21. The van der Waals surface area contributed by atoms with Crippen LogP contribution in [-0.4, -0.2) is 18.0 Å². The maximum atomic E-state index is 12.5. The average Bonchev–Trinajstić information content (AvgIpc) is 2.32. The largest absolute Gasteiger partial charge is 0.367 e. The summed E-state index contributed by atoms with van der Waals surface area (Å²) in [5.74, 6) is 0.0862. The molecule has 0 heterocycles. The molecule has 0 N–H and O–H groups in total. The zero-order valence-corrected chi connectivity index (χ0v) is 11.5. The van der Waals surface area contributed by atoms with Crippen molar-refractivity contribution in [3.05, 3.63) is 34.9 Å². The Morgan fingerprint density at radius 3 is 2.47 bits per heavy atom. The highest BCUT2D eigenvalue weighted by Crippen LogP contribution is 2.24. The molecule has 0 fully saturated rings. The number of ether oxygens (including phenoxy) is 1. The van der Waals surface area contributed by atoms with Crippen LogP contribution in [0.15, 0.2) is 18.2 Å². The first kappa shape index (κ1) is 13.9. The molecule has 2 nitrogen and oxygen atoms in total. The molecule has 0 aromatic heterocycles. The molecule has 0 saturated heterocycles. The minimum Gasteiger partial charge on any atom is -0.367 e. The van der Waals surface area contributed by atoms with Gasteiger partial charge in [0.05, 0.1) is 0 Å². The van der Waals surface area contributed by atoms with E-state index in [0.29, 0.717) is 13.0 Å². The normalized spacial score (nSPS) is 14.4. The average molecular weight is 234 g/mol. The van der Waals surface area contributed by atoms with Crippen LogP contribution in [0.1, 0.15) is 48.7 Å². The van der Waals surface area contributed by atoms with Crippen molar-refractivity contribution < 1.29 is 9.53 Å². The van der Waals surface area contributed by atoms with E-state index in [4.69, 9.17) is 4.74 Å². The zero-order chi connectivity index (χ0) is 13.1. The summed E-state index contributed by atoms with van der Waals surface area (Å²) in [6.07, 6.45) is 0.688. The van der Waals surface area contributed by atoms with E-state index < -0.39 is 5.60 Å². The molecule has 1 aromatic rings. The predicted octanol–water partition coefficient (Wildman–Crippen LogP) is 3.69. The van der Waals surface area contributed by atoms with Crippen molar-refractivity contribution in [1.29, 1.82) is 0 Å². The summed E-state index contributed by atoms with van der Waals surface area (Å²) in [6.45, 7) is 10.4. The molecular weight excluding hydrogens is 212 g/mol.